The zero-order chi connectivity index (χ0) is 11.8. The van der Waals surface area contributed by atoms with Crippen molar-refractivity contribution >= 4 is 21.7 Å². The smallest absolute Gasteiger partial charge is 0.133 e. The number of anilines is 1. The van der Waals surface area contributed by atoms with E-state index in [0.29, 0.717) is 0 Å². The summed E-state index contributed by atoms with van der Waals surface area (Å²) in [5.74, 6) is 1.03. The van der Waals surface area contributed by atoms with E-state index in [9.17, 15) is 0 Å². The molecule has 90 valence electrons. The van der Waals surface area contributed by atoms with Crippen LogP contribution in [0.5, 0.6) is 0 Å². The van der Waals surface area contributed by atoms with Crippen molar-refractivity contribution in [1.82, 2.24) is 9.97 Å². The fourth-order valence-corrected chi connectivity index (χ4v) is 1.83. The zero-order valence-corrected chi connectivity index (χ0v) is 11.7. The number of hydrogen-bond acceptors (Lipinski definition) is 3. The molecular formula is C12H20BrN3. The lowest BCUT2D eigenvalue weighted by molar-refractivity contribution is 0.670. The highest BCUT2D eigenvalue weighted by molar-refractivity contribution is 9.10. The summed E-state index contributed by atoms with van der Waals surface area (Å²) in [6.07, 6.45) is 6.48. The van der Waals surface area contributed by atoms with Gasteiger partial charge < -0.3 is 4.90 Å². The molecule has 1 aromatic heterocycles. The number of aromatic nitrogens is 2. The molecule has 0 bridgehead atoms. The van der Waals surface area contributed by atoms with Crippen LogP contribution in [-0.2, 0) is 0 Å². The topological polar surface area (TPSA) is 29.0 Å². The second-order valence-electron chi connectivity index (χ2n) is 3.89. The van der Waals surface area contributed by atoms with Crippen LogP contribution < -0.4 is 4.90 Å². The Kier molecular flexibility index (Phi) is 6.38. The first-order valence-electron chi connectivity index (χ1n) is 6.00. The Labute approximate surface area is 106 Å². The summed E-state index contributed by atoms with van der Waals surface area (Å²) >= 11 is 3.39. The SMILES string of the molecule is CCCCN(CCCC)c1cc(Br)ncn1. The van der Waals surface area contributed by atoms with E-state index in [2.05, 4.69) is 44.6 Å². The van der Waals surface area contributed by atoms with E-state index in [1.54, 1.807) is 6.33 Å². The first-order valence-corrected chi connectivity index (χ1v) is 6.79. The summed E-state index contributed by atoms with van der Waals surface area (Å²) in [5.41, 5.74) is 0. The van der Waals surface area contributed by atoms with Crippen molar-refractivity contribution in [3.05, 3.63) is 17.0 Å². The Morgan fingerprint density at radius 2 is 1.75 bits per heavy atom. The Hall–Kier alpha value is -0.640. The lowest BCUT2D eigenvalue weighted by atomic mass is 10.2. The van der Waals surface area contributed by atoms with Crippen LogP contribution in [0.2, 0.25) is 0 Å². The maximum atomic E-state index is 4.33. The van der Waals surface area contributed by atoms with Crippen LogP contribution in [-0.4, -0.2) is 23.1 Å². The van der Waals surface area contributed by atoms with Gasteiger partial charge in [-0.25, -0.2) is 9.97 Å². The molecule has 0 spiro atoms. The van der Waals surface area contributed by atoms with Gasteiger partial charge in [-0.3, -0.25) is 0 Å². The van der Waals surface area contributed by atoms with Gasteiger partial charge in [-0.15, -0.1) is 0 Å². The summed E-state index contributed by atoms with van der Waals surface area (Å²) in [5, 5.41) is 0. The molecule has 1 heterocycles. The minimum Gasteiger partial charge on any atom is -0.356 e. The Balaban J connectivity index is 2.66. The molecule has 16 heavy (non-hydrogen) atoms. The van der Waals surface area contributed by atoms with Gasteiger partial charge in [0.05, 0.1) is 0 Å². The minimum absolute atomic E-state index is 0.857. The van der Waals surface area contributed by atoms with E-state index in [4.69, 9.17) is 0 Å². The second-order valence-corrected chi connectivity index (χ2v) is 4.71. The predicted molar refractivity (Wildman–Crippen MR) is 71.8 cm³/mol. The number of hydrogen-bond donors (Lipinski definition) is 0. The van der Waals surface area contributed by atoms with Crippen molar-refractivity contribution in [3.63, 3.8) is 0 Å². The lowest BCUT2D eigenvalue weighted by Crippen LogP contribution is -2.26. The molecule has 0 radical (unpaired) electrons. The molecule has 0 saturated heterocycles. The van der Waals surface area contributed by atoms with E-state index >= 15 is 0 Å². The van der Waals surface area contributed by atoms with Crippen molar-refractivity contribution < 1.29 is 0 Å². The third-order valence-electron chi connectivity index (χ3n) is 2.51. The fourth-order valence-electron chi connectivity index (χ4n) is 1.54. The number of rotatable bonds is 7. The summed E-state index contributed by atoms with van der Waals surface area (Å²) in [4.78, 5) is 10.7. The van der Waals surface area contributed by atoms with Crippen LogP contribution in [0.1, 0.15) is 39.5 Å². The third-order valence-corrected chi connectivity index (χ3v) is 2.94. The summed E-state index contributed by atoms with van der Waals surface area (Å²) in [6, 6.07) is 1.99. The summed E-state index contributed by atoms with van der Waals surface area (Å²) < 4.78 is 0.857. The molecular weight excluding hydrogens is 266 g/mol. The molecule has 0 unspecified atom stereocenters. The second kappa shape index (κ2) is 7.60. The lowest BCUT2D eigenvalue weighted by Gasteiger charge is -2.23. The molecule has 0 aromatic carbocycles. The van der Waals surface area contributed by atoms with Gasteiger partial charge in [0.15, 0.2) is 0 Å². The Bertz CT molecular complexity index is 296. The van der Waals surface area contributed by atoms with Gasteiger partial charge in [-0.1, -0.05) is 26.7 Å². The van der Waals surface area contributed by atoms with E-state index in [1.807, 2.05) is 6.07 Å². The van der Waals surface area contributed by atoms with Gasteiger partial charge in [0.2, 0.25) is 0 Å². The average Bonchev–Trinajstić information content (AvgIpc) is 2.29. The molecule has 0 aliphatic carbocycles. The monoisotopic (exact) mass is 285 g/mol. The molecule has 0 N–H and O–H groups in total. The van der Waals surface area contributed by atoms with Crippen molar-refractivity contribution in [2.45, 2.75) is 39.5 Å². The van der Waals surface area contributed by atoms with E-state index in [1.165, 1.54) is 25.7 Å². The Morgan fingerprint density at radius 3 is 2.25 bits per heavy atom. The number of halogens is 1. The number of unbranched alkanes of at least 4 members (excludes halogenated alkanes) is 2. The first kappa shape index (κ1) is 13.4. The highest BCUT2D eigenvalue weighted by Gasteiger charge is 2.07. The average molecular weight is 286 g/mol. The fraction of sp³-hybridized carbons (Fsp3) is 0.667. The molecule has 0 aliphatic rings. The quantitative estimate of drug-likeness (QED) is 0.716. The predicted octanol–water partition coefficient (Wildman–Crippen LogP) is 3.65. The van der Waals surface area contributed by atoms with Crippen molar-refractivity contribution in [2.75, 3.05) is 18.0 Å². The van der Waals surface area contributed by atoms with Crippen molar-refractivity contribution in [1.29, 1.82) is 0 Å². The largest absolute Gasteiger partial charge is 0.356 e. The van der Waals surface area contributed by atoms with Crippen LogP contribution in [0.15, 0.2) is 17.0 Å². The van der Waals surface area contributed by atoms with Gasteiger partial charge in [0.1, 0.15) is 16.7 Å². The van der Waals surface area contributed by atoms with Crippen LogP contribution >= 0.6 is 15.9 Å². The maximum Gasteiger partial charge on any atom is 0.133 e. The molecule has 4 heteroatoms. The van der Waals surface area contributed by atoms with Crippen LogP contribution in [0, 0.1) is 0 Å². The molecule has 0 saturated carbocycles. The molecule has 0 atom stereocenters. The van der Waals surface area contributed by atoms with Gasteiger partial charge >= 0.3 is 0 Å². The molecule has 1 aromatic rings. The maximum absolute atomic E-state index is 4.33. The normalized spacial score (nSPS) is 10.4. The highest BCUT2D eigenvalue weighted by Crippen LogP contribution is 2.16. The molecule has 0 fully saturated rings. The van der Waals surface area contributed by atoms with Crippen molar-refractivity contribution in [3.8, 4) is 0 Å². The minimum atomic E-state index is 0.857. The van der Waals surface area contributed by atoms with Gasteiger partial charge in [-0.05, 0) is 28.8 Å². The van der Waals surface area contributed by atoms with Crippen LogP contribution in [0.4, 0.5) is 5.82 Å². The number of nitrogens with zero attached hydrogens (tertiary/aromatic N) is 3. The molecule has 0 amide bonds. The Morgan fingerprint density at radius 1 is 1.12 bits per heavy atom. The van der Waals surface area contributed by atoms with E-state index in [-0.39, 0.29) is 0 Å². The van der Waals surface area contributed by atoms with Crippen molar-refractivity contribution in [2.24, 2.45) is 0 Å². The van der Waals surface area contributed by atoms with Gasteiger partial charge in [0, 0.05) is 19.2 Å². The standard InChI is InChI=1S/C12H20BrN3/c1-3-5-7-16(8-6-4-2)12-9-11(13)14-10-15-12/h9-10H,3-8H2,1-2H3. The molecule has 0 aliphatic heterocycles. The summed E-state index contributed by atoms with van der Waals surface area (Å²) in [6.45, 7) is 6.60. The van der Waals surface area contributed by atoms with Crippen LogP contribution in [0.25, 0.3) is 0 Å². The molecule has 1 rings (SSSR count). The first-order chi connectivity index (χ1) is 7.77. The molecule has 3 nitrogen and oxygen atoms in total. The van der Waals surface area contributed by atoms with Gasteiger partial charge in [-0.2, -0.15) is 0 Å². The third kappa shape index (κ3) is 4.47. The zero-order valence-electron chi connectivity index (χ0n) is 10.1. The summed E-state index contributed by atoms with van der Waals surface area (Å²) in [7, 11) is 0. The van der Waals surface area contributed by atoms with E-state index < -0.39 is 0 Å². The highest BCUT2D eigenvalue weighted by atomic mass is 79.9. The van der Waals surface area contributed by atoms with E-state index in [0.717, 1.165) is 23.5 Å². The van der Waals surface area contributed by atoms with Crippen LogP contribution in [0.3, 0.4) is 0 Å². The van der Waals surface area contributed by atoms with Gasteiger partial charge in [0.25, 0.3) is 0 Å².